The second-order valence-electron chi connectivity index (χ2n) is 6.06. The van der Waals surface area contributed by atoms with Gasteiger partial charge in [-0.3, -0.25) is 9.59 Å². The van der Waals surface area contributed by atoms with Crippen LogP contribution in [0.5, 0.6) is 0 Å². The molecule has 0 spiro atoms. The van der Waals surface area contributed by atoms with Crippen molar-refractivity contribution >= 4 is 11.8 Å². The van der Waals surface area contributed by atoms with Crippen LogP contribution in [0.15, 0.2) is 0 Å². The molecule has 102 valence electrons. The van der Waals surface area contributed by atoms with Gasteiger partial charge in [0.1, 0.15) is 6.04 Å². The molecular formula is C14H24N2O2. The Morgan fingerprint density at radius 2 is 1.94 bits per heavy atom. The molecule has 1 unspecified atom stereocenters. The maximum absolute atomic E-state index is 12.0. The number of carbonyl (C=O) groups is 2. The molecule has 1 N–H and O–H groups in total. The number of piperazine rings is 1. The molecule has 1 aliphatic carbocycles. The molecule has 0 bridgehead atoms. The first-order valence-corrected chi connectivity index (χ1v) is 7.15. The van der Waals surface area contributed by atoms with Crippen LogP contribution in [0.1, 0.15) is 46.0 Å². The lowest BCUT2D eigenvalue weighted by Crippen LogP contribution is -2.59. The minimum atomic E-state index is -0.244. The number of amides is 2. The zero-order valence-corrected chi connectivity index (χ0v) is 11.4. The van der Waals surface area contributed by atoms with E-state index in [2.05, 4.69) is 19.2 Å². The van der Waals surface area contributed by atoms with Crippen LogP contribution < -0.4 is 5.32 Å². The third-order valence-corrected chi connectivity index (χ3v) is 4.04. The van der Waals surface area contributed by atoms with Crippen molar-refractivity contribution in [1.29, 1.82) is 0 Å². The number of nitrogens with zero attached hydrogens (tertiary/aromatic N) is 1. The maximum atomic E-state index is 12.0. The predicted octanol–water partition coefficient (Wildman–Crippen LogP) is 1.55. The Hall–Kier alpha value is -1.06. The average molecular weight is 252 g/mol. The highest BCUT2D eigenvalue weighted by atomic mass is 16.2. The molecule has 0 aromatic carbocycles. The van der Waals surface area contributed by atoms with Gasteiger partial charge in [0, 0.05) is 6.54 Å². The summed E-state index contributed by atoms with van der Waals surface area (Å²) in [6.45, 7) is 5.16. The summed E-state index contributed by atoms with van der Waals surface area (Å²) < 4.78 is 0. The van der Waals surface area contributed by atoms with Crippen molar-refractivity contribution in [3.63, 3.8) is 0 Å². The van der Waals surface area contributed by atoms with Crippen LogP contribution in [0.2, 0.25) is 0 Å². The van der Waals surface area contributed by atoms with Gasteiger partial charge in [0.15, 0.2) is 0 Å². The third-order valence-electron chi connectivity index (χ3n) is 4.04. The number of hydrogen-bond acceptors (Lipinski definition) is 2. The van der Waals surface area contributed by atoms with Gasteiger partial charge in [0.05, 0.1) is 6.54 Å². The fourth-order valence-electron chi connectivity index (χ4n) is 3.08. The molecule has 0 aromatic heterocycles. The summed E-state index contributed by atoms with van der Waals surface area (Å²) in [4.78, 5) is 25.8. The summed E-state index contributed by atoms with van der Waals surface area (Å²) >= 11 is 0. The zero-order chi connectivity index (χ0) is 13.1. The number of carbonyl (C=O) groups excluding carboxylic acids is 2. The van der Waals surface area contributed by atoms with Gasteiger partial charge in [0.25, 0.3) is 0 Å². The van der Waals surface area contributed by atoms with E-state index in [0.717, 1.165) is 13.0 Å². The second kappa shape index (κ2) is 5.72. The van der Waals surface area contributed by atoms with Gasteiger partial charge in [0.2, 0.25) is 11.8 Å². The minimum absolute atomic E-state index is 0.0290. The van der Waals surface area contributed by atoms with E-state index in [1.807, 2.05) is 4.90 Å². The molecule has 1 aliphatic heterocycles. The molecule has 4 nitrogen and oxygen atoms in total. The molecule has 1 saturated heterocycles. The first-order valence-electron chi connectivity index (χ1n) is 7.15. The second-order valence-corrected chi connectivity index (χ2v) is 6.06. The molecule has 2 amide bonds. The molecule has 0 aromatic rings. The van der Waals surface area contributed by atoms with Crippen molar-refractivity contribution in [3.05, 3.63) is 0 Å². The smallest absolute Gasteiger partial charge is 0.243 e. The fraction of sp³-hybridized carbons (Fsp3) is 0.857. The lowest BCUT2D eigenvalue weighted by atomic mass is 9.98. The monoisotopic (exact) mass is 252 g/mol. The summed E-state index contributed by atoms with van der Waals surface area (Å²) in [7, 11) is 0. The fourth-order valence-corrected chi connectivity index (χ4v) is 3.08. The molecule has 2 rings (SSSR count). The average Bonchev–Trinajstić information content (AvgIpc) is 2.80. The van der Waals surface area contributed by atoms with E-state index in [9.17, 15) is 9.59 Å². The van der Waals surface area contributed by atoms with Crippen LogP contribution in [0.3, 0.4) is 0 Å². The molecule has 4 heteroatoms. The molecule has 1 saturated carbocycles. The highest BCUT2D eigenvalue weighted by Gasteiger charge is 2.36. The largest absolute Gasteiger partial charge is 0.345 e. The Morgan fingerprint density at radius 1 is 1.28 bits per heavy atom. The SMILES string of the molecule is CC(C)CC1C(=O)NCC(=O)N1CC1CCCC1. The molecule has 1 heterocycles. The first-order chi connectivity index (χ1) is 8.58. The minimum Gasteiger partial charge on any atom is -0.345 e. The van der Waals surface area contributed by atoms with Gasteiger partial charge in [-0.2, -0.15) is 0 Å². The summed E-state index contributed by atoms with van der Waals surface area (Å²) in [5.41, 5.74) is 0. The van der Waals surface area contributed by atoms with Crippen LogP contribution in [0.25, 0.3) is 0 Å². The molecule has 2 fully saturated rings. The van der Waals surface area contributed by atoms with E-state index >= 15 is 0 Å². The summed E-state index contributed by atoms with van der Waals surface area (Å²) in [5.74, 6) is 1.15. The van der Waals surface area contributed by atoms with E-state index in [4.69, 9.17) is 0 Å². The Labute approximate surface area is 109 Å². The molecule has 0 radical (unpaired) electrons. The zero-order valence-electron chi connectivity index (χ0n) is 11.4. The Morgan fingerprint density at radius 3 is 2.56 bits per heavy atom. The molecule has 18 heavy (non-hydrogen) atoms. The lowest BCUT2D eigenvalue weighted by Gasteiger charge is -2.37. The highest BCUT2D eigenvalue weighted by molar-refractivity contribution is 5.94. The molecule has 2 aliphatic rings. The van der Waals surface area contributed by atoms with E-state index in [-0.39, 0.29) is 24.4 Å². The first kappa shape index (κ1) is 13.4. The normalized spacial score (nSPS) is 25.9. The lowest BCUT2D eigenvalue weighted by molar-refractivity contribution is -0.146. The van der Waals surface area contributed by atoms with Crippen molar-refractivity contribution in [1.82, 2.24) is 10.2 Å². The highest BCUT2D eigenvalue weighted by Crippen LogP contribution is 2.27. The maximum Gasteiger partial charge on any atom is 0.243 e. The van der Waals surface area contributed by atoms with E-state index in [0.29, 0.717) is 11.8 Å². The van der Waals surface area contributed by atoms with Gasteiger partial charge in [-0.25, -0.2) is 0 Å². The number of hydrogen-bond donors (Lipinski definition) is 1. The van der Waals surface area contributed by atoms with Crippen LogP contribution in [-0.4, -0.2) is 35.8 Å². The number of rotatable bonds is 4. The predicted molar refractivity (Wildman–Crippen MR) is 69.9 cm³/mol. The summed E-state index contributed by atoms with van der Waals surface area (Å²) in [5, 5.41) is 2.71. The van der Waals surface area contributed by atoms with Gasteiger partial charge >= 0.3 is 0 Å². The summed E-state index contributed by atoms with van der Waals surface area (Å²) in [6.07, 6.45) is 5.73. The van der Waals surface area contributed by atoms with E-state index in [1.54, 1.807) is 0 Å². The van der Waals surface area contributed by atoms with Crippen molar-refractivity contribution < 1.29 is 9.59 Å². The van der Waals surface area contributed by atoms with Crippen LogP contribution in [0.4, 0.5) is 0 Å². The molecule has 1 atom stereocenters. The standard InChI is InChI=1S/C14H24N2O2/c1-10(2)7-12-14(18)15-8-13(17)16(12)9-11-5-3-4-6-11/h10-12H,3-9H2,1-2H3,(H,15,18). The topological polar surface area (TPSA) is 49.4 Å². The Balaban J connectivity index is 2.04. The van der Waals surface area contributed by atoms with Crippen molar-refractivity contribution in [2.45, 2.75) is 52.0 Å². The van der Waals surface area contributed by atoms with Gasteiger partial charge in [-0.15, -0.1) is 0 Å². The van der Waals surface area contributed by atoms with E-state index < -0.39 is 0 Å². The molecular weight excluding hydrogens is 228 g/mol. The van der Waals surface area contributed by atoms with Crippen molar-refractivity contribution in [3.8, 4) is 0 Å². The van der Waals surface area contributed by atoms with Crippen molar-refractivity contribution in [2.75, 3.05) is 13.1 Å². The quantitative estimate of drug-likeness (QED) is 0.825. The van der Waals surface area contributed by atoms with Gasteiger partial charge < -0.3 is 10.2 Å². The Kier molecular flexibility index (Phi) is 4.25. The van der Waals surface area contributed by atoms with Crippen molar-refractivity contribution in [2.24, 2.45) is 11.8 Å². The van der Waals surface area contributed by atoms with Crippen LogP contribution in [-0.2, 0) is 9.59 Å². The number of nitrogens with one attached hydrogen (secondary N) is 1. The van der Waals surface area contributed by atoms with Gasteiger partial charge in [-0.1, -0.05) is 26.7 Å². The van der Waals surface area contributed by atoms with Crippen LogP contribution in [0, 0.1) is 11.8 Å². The van der Waals surface area contributed by atoms with Gasteiger partial charge in [-0.05, 0) is 31.1 Å². The summed E-state index contributed by atoms with van der Waals surface area (Å²) in [6, 6.07) is -0.244. The Bertz CT molecular complexity index is 322. The van der Waals surface area contributed by atoms with E-state index in [1.165, 1.54) is 25.7 Å². The van der Waals surface area contributed by atoms with Crippen LogP contribution >= 0.6 is 0 Å². The third kappa shape index (κ3) is 3.03.